The molecule has 0 aromatic carbocycles. The molecule has 90 valence electrons. The third kappa shape index (κ3) is 2.00. The van der Waals surface area contributed by atoms with Gasteiger partial charge in [-0.3, -0.25) is 0 Å². The summed E-state index contributed by atoms with van der Waals surface area (Å²) < 4.78 is 9.12. The summed E-state index contributed by atoms with van der Waals surface area (Å²) in [7, 11) is 2.41. The van der Waals surface area contributed by atoms with E-state index in [9.17, 15) is 14.7 Å². The molecular weight excluding hydrogens is 231 g/mol. The molecule has 0 atom stereocenters. The summed E-state index contributed by atoms with van der Waals surface area (Å²) in [4.78, 5) is 23.1. The summed E-state index contributed by atoms with van der Waals surface area (Å²) in [6.07, 6.45) is 3.06. The Bertz CT molecular complexity index is 499. The van der Waals surface area contributed by atoms with Crippen LogP contribution in [0.4, 0.5) is 0 Å². The van der Waals surface area contributed by atoms with Crippen LogP contribution in [-0.2, 0) is 19.1 Å². The minimum absolute atomic E-state index is 0. The second-order valence-electron chi connectivity index (χ2n) is 3.70. The quantitative estimate of drug-likeness (QED) is 0.380. The summed E-state index contributed by atoms with van der Waals surface area (Å²) in [5, 5.41) is 12.0. The first-order chi connectivity index (χ1) is 8.11. The predicted octanol–water partition coefficient (Wildman–Crippen LogP) is -3.02. The van der Waals surface area contributed by atoms with E-state index < -0.39 is 17.7 Å². The molecule has 0 amide bonds. The topological polar surface area (TPSA) is 75.7 Å². The monoisotopic (exact) mass is 242 g/mol. The van der Waals surface area contributed by atoms with Gasteiger partial charge in [0.2, 0.25) is 0 Å². The van der Waals surface area contributed by atoms with Gasteiger partial charge in [-0.05, 0) is 24.0 Å². The molecular formula is C12H11LiO5. The summed E-state index contributed by atoms with van der Waals surface area (Å²) in [5.74, 6) is -2.00. The van der Waals surface area contributed by atoms with E-state index in [4.69, 9.17) is 0 Å². The van der Waals surface area contributed by atoms with Crippen molar-refractivity contribution in [3.8, 4) is 0 Å². The smallest absolute Gasteiger partial charge is 0.871 e. The Morgan fingerprint density at radius 1 is 1.17 bits per heavy atom. The number of carbonyl (C=O) groups is 2. The van der Waals surface area contributed by atoms with Crippen molar-refractivity contribution >= 4 is 11.9 Å². The maximum Gasteiger partial charge on any atom is 1.00 e. The number of hydrogen-bond acceptors (Lipinski definition) is 5. The Labute approximate surface area is 116 Å². The van der Waals surface area contributed by atoms with E-state index in [1.807, 2.05) is 0 Å². The number of allylic oxidation sites excluding steroid dienone is 2. The summed E-state index contributed by atoms with van der Waals surface area (Å²) in [5.41, 5.74) is 1.04. The second-order valence-corrected chi connectivity index (χ2v) is 3.70. The molecule has 0 bridgehead atoms. The van der Waals surface area contributed by atoms with Gasteiger partial charge < -0.3 is 14.6 Å². The van der Waals surface area contributed by atoms with Crippen molar-refractivity contribution in [3.05, 3.63) is 34.1 Å². The number of hydrogen-bond donors (Lipinski definition) is 0. The molecule has 0 aliphatic heterocycles. The zero-order valence-corrected chi connectivity index (χ0v) is 10.5. The molecule has 2 rings (SSSR count). The first-order valence-corrected chi connectivity index (χ1v) is 5.14. The standard InChI is InChI=1S/C12H12O5.Li/c1-16-11(14)8-6-4-3-5-7(6)9(10(8)13)12(15)17-2;/h4,13H,3,5H2,1-2H3;/q;+1/p-1. The number of rotatable bonds is 2. The van der Waals surface area contributed by atoms with Gasteiger partial charge in [0.05, 0.1) is 25.4 Å². The van der Waals surface area contributed by atoms with Gasteiger partial charge >= 0.3 is 30.8 Å². The zero-order chi connectivity index (χ0) is 12.6. The number of fused-ring (bicyclic) bond motifs is 1. The van der Waals surface area contributed by atoms with Gasteiger partial charge in [-0.1, -0.05) is 11.8 Å². The SMILES string of the molecule is COC(=O)C1=C([O-])C(C(=O)OC)=C2CCC=C21.[Li+]. The Morgan fingerprint density at radius 2 is 1.72 bits per heavy atom. The van der Waals surface area contributed by atoms with Crippen LogP contribution in [0.1, 0.15) is 12.8 Å². The molecule has 5 nitrogen and oxygen atoms in total. The molecule has 18 heavy (non-hydrogen) atoms. The molecule has 0 saturated heterocycles. The van der Waals surface area contributed by atoms with Crippen molar-refractivity contribution in [3.63, 3.8) is 0 Å². The average Bonchev–Trinajstić information content (AvgIpc) is 2.86. The van der Waals surface area contributed by atoms with Crippen molar-refractivity contribution in [2.75, 3.05) is 14.2 Å². The molecule has 0 fully saturated rings. The molecule has 0 heterocycles. The molecule has 0 aromatic heterocycles. The second kappa shape index (κ2) is 5.47. The molecule has 0 unspecified atom stereocenters. The van der Waals surface area contributed by atoms with Gasteiger partial charge in [-0.15, -0.1) is 0 Å². The maximum atomic E-state index is 12.0. The van der Waals surface area contributed by atoms with E-state index in [1.54, 1.807) is 6.08 Å². The minimum Gasteiger partial charge on any atom is -0.871 e. The summed E-state index contributed by atoms with van der Waals surface area (Å²) in [6, 6.07) is 0. The normalized spacial score (nSPS) is 17.1. The Balaban J connectivity index is 0.00000162. The van der Waals surface area contributed by atoms with Crippen LogP contribution in [0.3, 0.4) is 0 Å². The minimum atomic E-state index is -0.709. The van der Waals surface area contributed by atoms with Gasteiger partial charge in [-0.25, -0.2) is 9.59 Å². The van der Waals surface area contributed by atoms with Crippen LogP contribution in [0.25, 0.3) is 0 Å². The fourth-order valence-electron chi connectivity index (χ4n) is 2.14. The van der Waals surface area contributed by atoms with Crippen molar-refractivity contribution in [1.29, 1.82) is 0 Å². The molecule has 6 heteroatoms. The van der Waals surface area contributed by atoms with Gasteiger partial charge in [0.1, 0.15) is 0 Å². The van der Waals surface area contributed by atoms with Crippen LogP contribution in [-0.4, -0.2) is 26.2 Å². The van der Waals surface area contributed by atoms with Gasteiger partial charge in [0.15, 0.2) is 0 Å². The van der Waals surface area contributed by atoms with E-state index >= 15 is 0 Å². The first kappa shape index (κ1) is 14.6. The van der Waals surface area contributed by atoms with E-state index in [2.05, 4.69) is 9.47 Å². The first-order valence-electron chi connectivity index (χ1n) is 5.14. The maximum absolute atomic E-state index is 12.0. The molecule has 2 aliphatic rings. The van der Waals surface area contributed by atoms with Crippen molar-refractivity contribution in [1.82, 2.24) is 0 Å². The summed E-state index contributed by atoms with van der Waals surface area (Å²) in [6.45, 7) is 0. The number of esters is 2. The van der Waals surface area contributed by atoms with Crippen LogP contribution in [0, 0.1) is 0 Å². The number of methoxy groups -OCH3 is 2. The van der Waals surface area contributed by atoms with Crippen LogP contribution >= 0.6 is 0 Å². The van der Waals surface area contributed by atoms with Crippen LogP contribution in [0.5, 0.6) is 0 Å². The van der Waals surface area contributed by atoms with E-state index in [1.165, 1.54) is 14.2 Å². The average molecular weight is 242 g/mol. The molecule has 2 aliphatic carbocycles. The van der Waals surface area contributed by atoms with E-state index in [-0.39, 0.29) is 30.0 Å². The Kier molecular flexibility index (Phi) is 4.44. The fraction of sp³-hybridized carbons (Fsp3) is 0.333. The molecule has 0 radical (unpaired) electrons. The fourth-order valence-corrected chi connectivity index (χ4v) is 2.14. The van der Waals surface area contributed by atoms with Crippen molar-refractivity contribution in [2.45, 2.75) is 12.8 Å². The van der Waals surface area contributed by atoms with Crippen molar-refractivity contribution < 1.29 is 43.0 Å². The number of carbonyl (C=O) groups excluding carboxylic acids is 2. The largest absolute Gasteiger partial charge is 1.00 e. The van der Waals surface area contributed by atoms with Crippen molar-refractivity contribution in [2.24, 2.45) is 0 Å². The molecule has 0 saturated carbocycles. The van der Waals surface area contributed by atoms with E-state index in [0.29, 0.717) is 24.0 Å². The van der Waals surface area contributed by atoms with Gasteiger partial charge in [0.25, 0.3) is 0 Å². The summed E-state index contributed by atoms with van der Waals surface area (Å²) >= 11 is 0. The zero-order valence-electron chi connectivity index (χ0n) is 10.5. The Hall–Kier alpha value is -1.44. The predicted molar refractivity (Wildman–Crippen MR) is 55.4 cm³/mol. The van der Waals surface area contributed by atoms with Crippen LogP contribution in [0.15, 0.2) is 34.1 Å². The third-order valence-electron chi connectivity index (χ3n) is 2.87. The molecule has 0 N–H and O–H groups in total. The van der Waals surface area contributed by atoms with E-state index in [0.717, 1.165) is 0 Å². The van der Waals surface area contributed by atoms with Crippen LogP contribution < -0.4 is 24.0 Å². The third-order valence-corrected chi connectivity index (χ3v) is 2.87. The number of ether oxygens (including phenoxy) is 2. The van der Waals surface area contributed by atoms with Gasteiger partial charge in [0, 0.05) is 0 Å². The molecule has 0 aromatic rings. The van der Waals surface area contributed by atoms with Gasteiger partial charge in [-0.2, -0.15) is 0 Å². The van der Waals surface area contributed by atoms with Crippen LogP contribution in [0.2, 0.25) is 0 Å². The molecule has 0 spiro atoms. The Morgan fingerprint density at radius 3 is 2.28 bits per heavy atom.